The van der Waals surface area contributed by atoms with Crippen LogP contribution in [0.25, 0.3) is 0 Å². The number of nitrogens with zero attached hydrogens (tertiary/aromatic N) is 3. The Morgan fingerprint density at radius 2 is 1.72 bits per heavy atom. The number of amides is 1. The van der Waals surface area contributed by atoms with Crippen LogP contribution in [-0.4, -0.2) is 69.9 Å². The number of hydrogen-bond acceptors (Lipinski definition) is 5. The van der Waals surface area contributed by atoms with Gasteiger partial charge in [0.25, 0.3) is 0 Å². The quantitative estimate of drug-likeness (QED) is 0.691. The molecule has 2 aromatic rings. The lowest BCUT2D eigenvalue weighted by atomic mass is 9.97. The van der Waals surface area contributed by atoms with Gasteiger partial charge in [0.05, 0.1) is 17.9 Å². The highest BCUT2D eigenvalue weighted by atomic mass is 32.2. The number of piperazine rings is 1. The van der Waals surface area contributed by atoms with Crippen LogP contribution in [0.15, 0.2) is 53.4 Å². The minimum absolute atomic E-state index is 0.0727. The smallest absolute Gasteiger partial charge is 0.243 e. The molecule has 2 aromatic carbocycles. The molecule has 1 amide bonds. The molecule has 2 fully saturated rings. The second-order valence-corrected chi connectivity index (χ2v) is 10.4. The van der Waals surface area contributed by atoms with Gasteiger partial charge in [-0.25, -0.2) is 8.42 Å². The van der Waals surface area contributed by atoms with Crippen LogP contribution in [0.3, 0.4) is 0 Å². The highest BCUT2D eigenvalue weighted by Crippen LogP contribution is 2.28. The molecule has 2 heterocycles. The van der Waals surface area contributed by atoms with E-state index in [9.17, 15) is 13.2 Å². The molecule has 0 aliphatic carbocycles. The summed E-state index contributed by atoms with van der Waals surface area (Å²) in [7, 11) is -2.09. The number of hydrogen-bond donors (Lipinski definition) is 0. The lowest BCUT2D eigenvalue weighted by Crippen LogP contribution is -2.53. The summed E-state index contributed by atoms with van der Waals surface area (Å²) in [5.41, 5.74) is 1.94. The second kappa shape index (κ2) is 9.50. The maximum Gasteiger partial charge on any atom is 0.243 e. The standard InChI is InChI=1S/C24H31N3O4S/c1-19-17-22(10-11-23(19)31-2)32(29,30)27-12-6-7-20(18-27)24(28)26-15-13-25(14-16-26)21-8-4-3-5-9-21/h3-5,8-11,17,20H,6-7,12-16,18H2,1-2H3/t20-/m0/s1. The normalized spacial score (nSPS) is 20.2. The Balaban J connectivity index is 1.40. The number of ether oxygens (including phenoxy) is 1. The fourth-order valence-corrected chi connectivity index (χ4v) is 6.21. The Hall–Kier alpha value is -2.58. The first-order valence-electron chi connectivity index (χ1n) is 11.1. The van der Waals surface area contributed by atoms with Gasteiger partial charge in [0.15, 0.2) is 0 Å². The molecular formula is C24H31N3O4S. The molecule has 0 N–H and O–H groups in total. The summed E-state index contributed by atoms with van der Waals surface area (Å²) in [5, 5.41) is 0. The van der Waals surface area contributed by atoms with Crippen LogP contribution < -0.4 is 9.64 Å². The zero-order chi connectivity index (χ0) is 22.7. The average Bonchev–Trinajstić information content (AvgIpc) is 2.84. The third kappa shape index (κ3) is 4.61. The molecule has 0 bridgehead atoms. The minimum Gasteiger partial charge on any atom is -0.496 e. The fourth-order valence-electron chi connectivity index (χ4n) is 4.60. The second-order valence-electron chi connectivity index (χ2n) is 8.48. The van der Waals surface area contributed by atoms with Gasteiger partial charge in [-0.3, -0.25) is 4.79 Å². The van der Waals surface area contributed by atoms with Crippen LogP contribution in [0.2, 0.25) is 0 Å². The number of piperidine rings is 1. The zero-order valence-electron chi connectivity index (χ0n) is 18.7. The number of aryl methyl sites for hydroxylation is 1. The van der Waals surface area contributed by atoms with E-state index in [1.165, 1.54) is 9.99 Å². The Bertz CT molecular complexity index is 1050. The minimum atomic E-state index is -3.65. The number of anilines is 1. The summed E-state index contributed by atoms with van der Waals surface area (Å²) in [6, 6.07) is 15.1. The van der Waals surface area contributed by atoms with E-state index in [2.05, 4.69) is 17.0 Å². The van der Waals surface area contributed by atoms with Gasteiger partial charge in [0, 0.05) is 45.0 Å². The molecule has 4 rings (SSSR count). The maximum absolute atomic E-state index is 13.2. The van der Waals surface area contributed by atoms with Crippen molar-refractivity contribution in [3.8, 4) is 5.75 Å². The fraction of sp³-hybridized carbons (Fsp3) is 0.458. The van der Waals surface area contributed by atoms with Gasteiger partial charge in [0.1, 0.15) is 5.75 Å². The van der Waals surface area contributed by atoms with E-state index in [4.69, 9.17) is 4.74 Å². The van der Waals surface area contributed by atoms with Crippen molar-refractivity contribution in [3.63, 3.8) is 0 Å². The molecule has 32 heavy (non-hydrogen) atoms. The van der Waals surface area contributed by atoms with Crippen molar-refractivity contribution in [1.82, 2.24) is 9.21 Å². The number of benzene rings is 2. The predicted octanol–water partition coefficient (Wildman–Crippen LogP) is 2.75. The largest absolute Gasteiger partial charge is 0.496 e. The van der Waals surface area contributed by atoms with Crippen molar-refractivity contribution < 1.29 is 17.9 Å². The van der Waals surface area contributed by atoms with E-state index in [0.29, 0.717) is 31.8 Å². The molecule has 172 valence electrons. The predicted molar refractivity (Wildman–Crippen MR) is 124 cm³/mol. The third-order valence-electron chi connectivity index (χ3n) is 6.45. The molecule has 0 unspecified atom stereocenters. The van der Waals surface area contributed by atoms with Gasteiger partial charge < -0.3 is 14.5 Å². The summed E-state index contributed by atoms with van der Waals surface area (Å²) in [4.78, 5) is 17.6. The average molecular weight is 458 g/mol. The van der Waals surface area contributed by atoms with Crippen LogP contribution in [0.5, 0.6) is 5.75 Å². The lowest BCUT2D eigenvalue weighted by Gasteiger charge is -2.39. The summed E-state index contributed by atoms with van der Waals surface area (Å²) in [6.07, 6.45) is 1.42. The van der Waals surface area contributed by atoms with E-state index in [1.807, 2.05) is 30.0 Å². The molecule has 2 aliphatic heterocycles. The first-order chi connectivity index (χ1) is 15.4. The van der Waals surface area contributed by atoms with Crippen LogP contribution in [0.4, 0.5) is 5.69 Å². The van der Waals surface area contributed by atoms with Gasteiger partial charge in [-0.05, 0) is 55.7 Å². The molecule has 0 saturated carbocycles. The highest BCUT2D eigenvalue weighted by Gasteiger charge is 2.36. The van der Waals surface area contributed by atoms with Gasteiger partial charge in [-0.1, -0.05) is 18.2 Å². The molecule has 7 nitrogen and oxygen atoms in total. The van der Waals surface area contributed by atoms with E-state index in [1.54, 1.807) is 25.3 Å². The lowest BCUT2D eigenvalue weighted by molar-refractivity contribution is -0.137. The number of sulfonamides is 1. The van der Waals surface area contributed by atoms with Crippen molar-refractivity contribution in [2.24, 2.45) is 5.92 Å². The summed E-state index contributed by atoms with van der Waals surface area (Å²) in [6.45, 7) is 5.41. The van der Waals surface area contributed by atoms with E-state index in [0.717, 1.165) is 25.1 Å². The molecule has 0 spiro atoms. The van der Waals surface area contributed by atoms with Crippen LogP contribution in [0, 0.1) is 12.8 Å². The van der Waals surface area contributed by atoms with E-state index >= 15 is 0 Å². The van der Waals surface area contributed by atoms with Gasteiger partial charge in [0.2, 0.25) is 15.9 Å². The molecule has 1 atom stereocenters. The molecule has 2 saturated heterocycles. The van der Waals surface area contributed by atoms with Crippen molar-refractivity contribution in [2.75, 3.05) is 51.3 Å². The Morgan fingerprint density at radius 1 is 1.00 bits per heavy atom. The summed E-state index contributed by atoms with van der Waals surface area (Å²) in [5.74, 6) is 0.440. The zero-order valence-corrected chi connectivity index (χ0v) is 19.6. The van der Waals surface area contributed by atoms with Gasteiger partial charge >= 0.3 is 0 Å². The van der Waals surface area contributed by atoms with Crippen molar-refractivity contribution in [2.45, 2.75) is 24.7 Å². The number of rotatable bonds is 5. The molecular weight excluding hydrogens is 426 g/mol. The molecule has 8 heteroatoms. The van der Waals surface area contributed by atoms with Crippen LogP contribution >= 0.6 is 0 Å². The van der Waals surface area contributed by atoms with E-state index < -0.39 is 10.0 Å². The molecule has 0 radical (unpaired) electrons. The molecule has 2 aliphatic rings. The van der Waals surface area contributed by atoms with Crippen molar-refractivity contribution in [1.29, 1.82) is 0 Å². The first kappa shape index (κ1) is 22.6. The SMILES string of the molecule is COc1ccc(S(=O)(=O)N2CCC[C@H](C(=O)N3CCN(c4ccccc4)CC3)C2)cc1C. The van der Waals surface area contributed by atoms with Crippen LogP contribution in [-0.2, 0) is 14.8 Å². The number of carbonyl (C=O) groups is 1. The van der Waals surface area contributed by atoms with Gasteiger partial charge in [-0.15, -0.1) is 0 Å². The summed E-state index contributed by atoms with van der Waals surface area (Å²) < 4.78 is 33.2. The number of para-hydroxylation sites is 1. The summed E-state index contributed by atoms with van der Waals surface area (Å²) >= 11 is 0. The van der Waals surface area contributed by atoms with Crippen molar-refractivity contribution >= 4 is 21.6 Å². The molecule has 0 aromatic heterocycles. The number of methoxy groups -OCH3 is 1. The Labute approximate surface area is 190 Å². The van der Waals surface area contributed by atoms with Gasteiger partial charge in [-0.2, -0.15) is 4.31 Å². The number of carbonyl (C=O) groups excluding carboxylic acids is 1. The Morgan fingerprint density at radius 3 is 2.38 bits per heavy atom. The van der Waals surface area contributed by atoms with Crippen LogP contribution in [0.1, 0.15) is 18.4 Å². The third-order valence-corrected chi connectivity index (χ3v) is 8.31. The first-order valence-corrected chi connectivity index (χ1v) is 12.6. The monoisotopic (exact) mass is 457 g/mol. The van der Waals surface area contributed by atoms with E-state index in [-0.39, 0.29) is 23.3 Å². The Kier molecular flexibility index (Phi) is 6.71. The highest BCUT2D eigenvalue weighted by molar-refractivity contribution is 7.89. The maximum atomic E-state index is 13.2. The van der Waals surface area contributed by atoms with Crippen molar-refractivity contribution in [3.05, 3.63) is 54.1 Å². The topological polar surface area (TPSA) is 70.2 Å².